The van der Waals surface area contributed by atoms with E-state index in [9.17, 15) is 5.26 Å². The molecule has 0 bridgehead atoms. The monoisotopic (exact) mass is 265 g/mol. The highest BCUT2D eigenvalue weighted by atomic mass is 16.5. The quantitative estimate of drug-likeness (QED) is 0.823. The molecule has 0 aromatic rings. The standard InChI is InChI=1S/C15H27N3O/c1-12(2)17-15(9-16,13-5-6-13)11-18-7-8-19-14(3,4)10-18/h12-13,17H,5-8,10-11H2,1-4H3. The number of rotatable bonds is 5. The smallest absolute Gasteiger partial charge is 0.122 e. The second kappa shape index (κ2) is 5.40. The fourth-order valence-corrected chi connectivity index (χ4v) is 3.14. The molecule has 1 saturated heterocycles. The van der Waals surface area contributed by atoms with E-state index >= 15 is 0 Å². The van der Waals surface area contributed by atoms with Crippen molar-refractivity contribution in [3.63, 3.8) is 0 Å². The maximum atomic E-state index is 9.73. The van der Waals surface area contributed by atoms with Crippen LogP contribution >= 0.6 is 0 Å². The molecule has 2 rings (SSSR count). The first-order chi connectivity index (χ1) is 8.87. The Morgan fingerprint density at radius 1 is 1.47 bits per heavy atom. The van der Waals surface area contributed by atoms with E-state index < -0.39 is 0 Å². The zero-order valence-electron chi connectivity index (χ0n) is 12.7. The minimum absolute atomic E-state index is 0.0964. The van der Waals surface area contributed by atoms with Gasteiger partial charge in [0.2, 0.25) is 0 Å². The fourth-order valence-electron chi connectivity index (χ4n) is 3.14. The fraction of sp³-hybridized carbons (Fsp3) is 0.933. The Morgan fingerprint density at radius 2 is 2.16 bits per heavy atom. The Kier molecular flexibility index (Phi) is 4.20. The van der Waals surface area contributed by atoms with E-state index in [1.54, 1.807) is 0 Å². The van der Waals surface area contributed by atoms with Gasteiger partial charge in [-0.2, -0.15) is 5.26 Å². The van der Waals surface area contributed by atoms with Crippen molar-refractivity contribution in [1.29, 1.82) is 5.26 Å². The molecule has 19 heavy (non-hydrogen) atoms. The van der Waals surface area contributed by atoms with Crippen LogP contribution in [0.5, 0.6) is 0 Å². The topological polar surface area (TPSA) is 48.3 Å². The highest BCUT2D eigenvalue weighted by molar-refractivity contribution is 5.17. The van der Waals surface area contributed by atoms with Crippen molar-refractivity contribution in [2.45, 2.75) is 57.7 Å². The average Bonchev–Trinajstić information content (AvgIpc) is 3.10. The predicted molar refractivity (Wildman–Crippen MR) is 75.8 cm³/mol. The number of ether oxygens (including phenoxy) is 1. The molecule has 0 radical (unpaired) electrons. The summed E-state index contributed by atoms with van der Waals surface area (Å²) in [4.78, 5) is 2.39. The van der Waals surface area contributed by atoms with Crippen LogP contribution in [0, 0.1) is 17.2 Å². The lowest BCUT2D eigenvalue weighted by Gasteiger charge is -2.42. The maximum Gasteiger partial charge on any atom is 0.122 e. The summed E-state index contributed by atoms with van der Waals surface area (Å²) in [5.74, 6) is 0.519. The van der Waals surface area contributed by atoms with Crippen LogP contribution < -0.4 is 5.32 Å². The molecule has 4 nitrogen and oxygen atoms in total. The van der Waals surface area contributed by atoms with Gasteiger partial charge in [0.05, 0.1) is 18.3 Å². The Hall–Kier alpha value is -0.630. The van der Waals surface area contributed by atoms with E-state index in [1.807, 2.05) is 0 Å². The van der Waals surface area contributed by atoms with Crippen molar-refractivity contribution in [2.75, 3.05) is 26.2 Å². The number of nitrogens with zero attached hydrogens (tertiary/aromatic N) is 2. The number of hydrogen-bond donors (Lipinski definition) is 1. The summed E-state index contributed by atoms with van der Waals surface area (Å²) in [5.41, 5.74) is -0.470. The number of morpholine rings is 1. The van der Waals surface area contributed by atoms with Gasteiger partial charge in [0.15, 0.2) is 0 Å². The largest absolute Gasteiger partial charge is 0.373 e. The van der Waals surface area contributed by atoms with E-state index in [1.165, 1.54) is 12.8 Å². The molecule has 1 saturated carbocycles. The molecule has 0 amide bonds. The Bertz CT molecular complexity index is 357. The normalized spacial score (nSPS) is 26.9. The van der Waals surface area contributed by atoms with Crippen molar-refractivity contribution in [3.8, 4) is 6.07 Å². The molecule has 1 unspecified atom stereocenters. The van der Waals surface area contributed by atoms with Crippen molar-refractivity contribution >= 4 is 0 Å². The van der Waals surface area contributed by atoms with Gasteiger partial charge in [-0.15, -0.1) is 0 Å². The molecule has 1 aliphatic heterocycles. The van der Waals surface area contributed by atoms with Crippen molar-refractivity contribution < 1.29 is 4.74 Å². The zero-order chi connectivity index (χ0) is 14.1. The van der Waals surface area contributed by atoms with Gasteiger partial charge in [0.1, 0.15) is 5.54 Å². The third kappa shape index (κ3) is 3.68. The lowest BCUT2D eigenvalue weighted by Crippen LogP contribution is -2.60. The molecule has 0 aromatic heterocycles. The van der Waals surface area contributed by atoms with Crippen LogP contribution in [-0.2, 0) is 4.74 Å². The van der Waals surface area contributed by atoms with Gasteiger partial charge in [0.25, 0.3) is 0 Å². The molecule has 1 N–H and O–H groups in total. The molecule has 2 fully saturated rings. The Morgan fingerprint density at radius 3 is 2.63 bits per heavy atom. The minimum atomic E-state index is -0.373. The van der Waals surface area contributed by atoms with E-state index in [4.69, 9.17) is 4.74 Å². The Labute approximate surface area is 117 Å². The van der Waals surface area contributed by atoms with Crippen molar-refractivity contribution in [3.05, 3.63) is 0 Å². The van der Waals surface area contributed by atoms with Crippen LogP contribution in [0.2, 0.25) is 0 Å². The molecule has 1 heterocycles. The van der Waals surface area contributed by atoms with Crippen LogP contribution in [0.25, 0.3) is 0 Å². The molecular weight excluding hydrogens is 238 g/mol. The first kappa shape index (κ1) is 14.8. The molecule has 0 spiro atoms. The van der Waals surface area contributed by atoms with Crippen LogP contribution in [0.1, 0.15) is 40.5 Å². The van der Waals surface area contributed by atoms with E-state index in [-0.39, 0.29) is 11.1 Å². The number of hydrogen-bond acceptors (Lipinski definition) is 4. The lowest BCUT2D eigenvalue weighted by atomic mass is 9.92. The summed E-state index contributed by atoms with van der Waals surface area (Å²) >= 11 is 0. The van der Waals surface area contributed by atoms with Crippen LogP contribution in [0.3, 0.4) is 0 Å². The molecule has 1 aliphatic carbocycles. The van der Waals surface area contributed by atoms with Gasteiger partial charge in [0, 0.05) is 25.7 Å². The van der Waals surface area contributed by atoms with Crippen LogP contribution in [0.15, 0.2) is 0 Å². The van der Waals surface area contributed by atoms with Gasteiger partial charge >= 0.3 is 0 Å². The first-order valence-corrected chi connectivity index (χ1v) is 7.42. The number of nitrogens with one attached hydrogen (secondary N) is 1. The van der Waals surface area contributed by atoms with Gasteiger partial charge in [-0.1, -0.05) is 0 Å². The lowest BCUT2D eigenvalue weighted by molar-refractivity contribution is -0.0903. The van der Waals surface area contributed by atoms with E-state index in [2.05, 4.69) is 44.0 Å². The van der Waals surface area contributed by atoms with Gasteiger partial charge in [-0.25, -0.2) is 0 Å². The summed E-state index contributed by atoms with van der Waals surface area (Å²) in [5, 5.41) is 13.3. The maximum absolute atomic E-state index is 9.73. The van der Waals surface area contributed by atoms with Crippen LogP contribution in [-0.4, -0.2) is 48.3 Å². The minimum Gasteiger partial charge on any atom is -0.373 e. The summed E-state index contributed by atoms with van der Waals surface area (Å²) in [7, 11) is 0. The summed E-state index contributed by atoms with van der Waals surface area (Å²) in [6.07, 6.45) is 2.36. The third-order valence-corrected chi connectivity index (χ3v) is 4.00. The van der Waals surface area contributed by atoms with Gasteiger partial charge in [-0.3, -0.25) is 10.2 Å². The molecule has 1 atom stereocenters. The third-order valence-electron chi connectivity index (χ3n) is 4.00. The highest BCUT2D eigenvalue weighted by Crippen LogP contribution is 2.40. The van der Waals surface area contributed by atoms with Crippen LogP contribution in [0.4, 0.5) is 0 Å². The SMILES string of the molecule is CC(C)NC(C#N)(CN1CCOC(C)(C)C1)C1CC1. The van der Waals surface area contributed by atoms with E-state index in [0.717, 1.165) is 26.2 Å². The van der Waals surface area contributed by atoms with Crippen molar-refractivity contribution in [2.24, 2.45) is 5.92 Å². The second-order valence-electron chi connectivity index (χ2n) is 6.98. The van der Waals surface area contributed by atoms with Gasteiger partial charge < -0.3 is 4.74 Å². The summed E-state index contributed by atoms with van der Waals surface area (Å²) in [6.45, 7) is 11.9. The summed E-state index contributed by atoms with van der Waals surface area (Å²) < 4.78 is 5.76. The first-order valence-electron chi connectivity index (χ1n) is 7.42. The molecule has 4 heteroatoms. The predicted octanol–water partition coefficient (Wildman–Crippen LogP) is 1.77. The molecule has 2 aliphatic rings. The average molecular weight is 265 g/mol. The molecular formula is C15H27N3O. The highest BCUT2D eigenvalue weighted by Gasteiger charge is 2.47. The summed E-state index contributed by atoms with van der Waals surface area (Å²) in [6, 6.07) is 2.93. The number of nitriles is 1. The Balaban J connectivity index is 2.05. The molecule has 0 aromatic carbocycles. The van der Waals surface area contributed by atoms with Crippen molar-refractivity contribution in [1.82, 2.24) is 10.2 Å². The molecule has 108 valence electrons. The second-order valence-corrected chi connectivity index (χ2v) is 6.98. The zero-order valence-corrected chi connectivity index (χ0v) is 12.7. The van der Waals surface area contributed by atoms with Gasteiger partial charge in [-0.05, 0) is 46.5 Å². The van der Waals surface area contributed by atoms with E-state index in [0.29, 0.717) is 12.0 Å².